The molecule has 2 aromatic carbocycles. The monoisotopic (exact) mass is 407 g/mol. The molecule has 0 fully saturated rings. The normalized spacial score (nSPS) is 10.8. The van der Waals surface area contributed by atoms with Crippen molar-refractivity contribution in [1.82, 2.24) is 0 Å². The van der Waals surface area contributed by atoms with Gasteiger partial charge < -0.3 is 14.2 Å². The summed E-state index contributed by atoms with van der Waals surface area (Å²) in [6, 6.07) is 11.7. The summed E-state index contributed by atoms with van der Waals surface area (Å²) in [5.41, 5.74) is 0.0347. The first-order valence-electron chi connectivity index (χ1n) is 8.35. The summed E-state index contributed by atoms with van der Waals surface area (Å²) >= 11 is 0. The van der Waals surface area contributed by atoms with E-state index in [1.165, 1.54) is 43.5 Å². The molecule has 0 aliphatic rings. The van der Waals surface area contributed by atoms with Crippen LogP contribution in [0.25, 0.3) is 0 Å². The number of ether oxygens (including phenoxy) is 3. The summed E-state index contributed by atoms with van der Waals surface area (Å²) < 4.78 is 42.0. The molecule has 0 aliphatic heterocycles. The summed E-state index contributed by atoms with van der Waals surface area (Å²) in [7, 11) is -1.57. The third kappa shape index (κ3) is 4.61. The minimum absolute atomic E-state index is 0.0159. The van der Waals surface area contributed by atoms with Crippen LogP contribution in [0.3, 0.4) is 0 Å². The molecule has 0 aliphatic carbocycles. The number of nitrogens with zero attached hydrogens (tertiary/aromatic N) is 1. The number of benzene rings is 2. The minimum Gasteiger partial charge on any atom is -0.497 e. The highest BCUT2D eigenvalue weighted by Crippen LogP contribution is 2.28. The Morgan fingerprint density at radius 2 is 1.64 bits per heavy atom. The average molecular weight is 407 g/mol. The fourth-order valence-electron chi connectivity index (χ4n) is 2.43. The fraction of sp³-hybridized carbons (Fsp3) is 0.263. The van der Waals surface area contributed by atoms with Gasteiger partial charge in [0.1, 0.15) is 12.3 Å². The first-order chi connectivity index (χ1) is 13.3. The summed E-state index contributed by atoms with van der Waals surface area (Å²) in [5, 5.41) is 0. The molecule has 0 saturated carbocycles. The molecule has 0 spiro atoms. The number of esters is 2. The van der Waals surface area contributed by atoms with Gasteiger partial charge in [-0.25, -0.2) is 13.2 Å². The topological polar surface area (TPSA) is 99.2 Å². The highest BCUT2D eigenvalue weighted by atomic mass is 32.2. The maximum absolute atomic E-state index is 13.2. The van der Waals surface area contributed by atoms with E-state index in [9.17, 15) is 18.0 Å². The molecule has 150 valence electrons. The number of carbonyl (C=O) groups is 2. The number of methoxy groups -OCH3 is 2. The van der Waals surface area contributed by atoms with E-state index in [0.717, 1.165) is 11.4 Å². The number of hydrogen-bond acceptors (Lipinski definition) is 7. The lowest BCUT2D eigenvalue weighted by Crippen LogP contribution is -2.37. The van der Waals surface area contributed by atoms with Crippen molar-refractivity contribution in [1.29, 1.82) is 0 Å². The molecule has 9 heteroatoms. The largest absolute Gasteiger partial charge is 0.497 e. The predicted molar refractivity (Wildman–Crippen MR) is 102 cm³/mol. The number of rotatable bonds is 8. The zero-order chi connectivity index (χ0) is 20.7. The molecule has 0 radical (unpaired) electrons. The van der Waals surface area contributed by atoms with Crippen molar-refractivity contribution < 1.29 is 32.2 Å². The van der Waals surface area contributed by atoms with Crippen LogP contribution in [0.1, 0.15) is 17.3 Å². The third-order valence-corrected chi connectivity index (χ3v) is 5.59. The van der Waals surface area contributed by atoms with Gasteiger partial charge in [-0.3, -0.25) is 9.10 Å². The van der Waals surface area contributed by atoms with E-state index in [1.54, 1.807) is 19.1 Å². The van der Waals surface area contributed by atoms with Crippen LogP contribution in [0.5, 0.6) is 5.75 Å². The number of hydrogen-bond donors (Lipinski definition) is 0. The number of sulfonamides is 1. The van der Waals surface area contributed by atoms with E-state index in [4.69, 9.17) is 9.47 Å². The molecule has 2 aromatic rings. The standard InChI is InChI=1S/C19H21NO7S/c1-4-27-19(22)16-7-5-6-8-17(16)20(13-18(21)26-3)28(23,24)15-11-9-14(25-2)10-12-15/h5-12H,4,13H2,1-3H3. The van der Waals surface area contributed by atoms with Crippen LogP contribution in [0.2, 0.25) is 0 Å². The summed E-state index contributed by atoms with van der Waals surface area (Å²) in [4.78, 5) is 24.1. The van der Waals surface area contributed by atoms with E-state index in [0.29, 0.717) is 5.75 Å². The summed E-state index contributed by atoms with van der Waals surface area (Å²) in [6.45, 7) is 1.15. The van der Waals surface area contributed by atoms with Crippen LogP contribution in [0.4, 0.5) is 5.69 Å². The number of carbonyl (C=O) groups excluding carboxylic acids is 2. The fourth-order valence-corrected chi connectivity index (χ4v) is 3.86. The Kier molecular flexibility index (Phi) is 7.00. The zero-order valence-corrected chi connectivity index (χ0v) is 16.6. The van der Waals surface area contributed by atoms with Crippen molar-refractivity contribution >= 4 is 27.6 Å². The van der Waals surface area contributed by atoms with Gasteiger partial charge in [-0.1, -0.05) is 12.1 Å². The molecule has 0 N–H and O–H groups in total. The van der Waals surface area contributed by atoms with Gasteiger partial charge >= 0.3 is 11.9 Å². The lowest BCUT2D eigenvalue weighted by Gasteiger charge is -2.25. The Balaban J connectivity index is 2.59. The smallest absolute Gasteiger partial charge is 0.340 e. The SMILES string of the molecule is CCOC(=O)c1ccccc1N(CC(=O)OC)S(=O)(=O)c1ccc(OC)cc1. The van der Waals surface area contributed by atoms with Crippen molar-refractivity contribution in [2.45, 2.75) is 11.8 Å². The molecular weight excluding hydrogens is 386 g/mol. The van der Waals surface area contributed by atoms with Crippen molar-refractivity contribution in [3.8, 4) is 5.75 Å². The number of anilines is 1. The van der Waals surface area contributed by atoms with E-state index >= 15 is 0 Å². The van der Waals surface area contributed by atoms with E-state index < -0.39 is 28.5 Å². The van der Waals surface area contributed by atoms with Crippen LogP contribution in [0.15, 0.2) is 53.4 Å². The molecular formula is C19H21NO7S. The highest BCUT2D eigenvalue weighted by molar-refractivity contribution is 7.92. The van der Waals surface area contributed by atoms with Gasteiger partial charge in [-0.05, 0) is 43.3 Å². The average Bonchev–Trinajstić information content (AvgIpc) is 2.71. The van der Waals surface area contributed by atoms with Crippen LogP contribution in [-0.4, -0.2) is 47.7 Å². The van der Waals surface area contributed by atoms with Gasteiger partial charge in [0.15, 0.2) is 0 Å². The van der Waals surface area contributed by atoms with Crippen molar-refractivity contribution in [2.24, 2.45) is 0 Å². The molecule has 0 heterocycles. The maximum atomic E-state index is 13.2. The molecule has 0 unspecified atom stereocenters. The van der Waals surface area contributed by atoms with E-state index in [2.05, 4.69) is 4.74 Å². The Morgan fingerprint density at radius 3 is 2.21 bits per heavy atom. The van der Waals surface area contributed by atoms with Crippen LogP contribution in [0, 0.1) is 0 Å². The third-order valence-electron chi connectivity index (χ3n) is 3.82. The van der Waals surface area contributed by atoms with Crippen LogP contribution < -0.4 is 9.04 Å². The lowest BCUT2D eigenvalue weighted by molar-refractivity contribution is -0.138. The van der Waals surface area contributed by atoms with Gasteiger partial charge in [0.05, 0.1) is 37.0 Å². The Bertz CT molecular complexity index is 939. The van der Waals surface area contributed by atoms with Crippen LogP contribution in [-0.2, 0) is 24.3 Å². The highest BCUT2D eigenvalue weighted by Gasteiger charge is 2.30. The van der Waals surface area contributed by atoms with E-state index in [-0.39, 0.29) is 22.8 Å². The zero-order valence-electron chi connectivity index (χ0n) is 15.7. The first-order valence-corrected chi connectivity index (χ1v) is 9.79. The first kappa shape index (κ1) is 21.2. The van der Waals surface area contributed by atoms with Gasteiger partial charge in [0.25, 0.3) is 10.0 Å². The van der Waals surface area contributed by atoms with Crippen molar-refractivity contribution in [3.05, 3.63) is 54.1 Å². The second-order valence-electron chi connectivity index (χ2n) is 5.50. The molecule has 0 atom stereocenters. The summed E-state index contributed by atoms with van der Waals surface area (Å²) in [5.74, 6) is -1.00. The molecule has 0 aromatic heterocycles. The second-order valence-corrected chi connectivity index (χ2v) is 7.36. The van der Waals surface area contributed by atoms with Gasteiger partial charge in [-0.15, -0.1) is 0 Å². The summed E-state index contributed by atoms with van der Waals surface area (Å²) in [6.07, 6.45) is 0. The Morgan fingerprint density at radius 1 is 1.00 bits per heavy atom. The predicted octanol–water partition coefficient (Wildman–Crippen LogP) is 2.24. The van der Waals surface area contributed by atoms with E-state index in [1.807, 2.05) is 0 Å². The molecule has 2 rings (SSSR count). The minimum atomic E-state index is -4.19. The maximum Gasteiger partial charge on any atom is 0.340 e. The Labute approximate surface area is 163 Å². The lowest BCUT2D eigenvalue weighted by atomic mass is 10.2. The quantitative estimate of drug-likeness (QED) is 0.619. The van der Waals surface area contributed by atoms with Gasteiger partial charge in [-0.2, -0.15) is 0 Å². The molecule has 28 heavy (non-hydrogen) atoms. The van der Waals surface area contributed by atoms with Crippen molar-refractivity contribution in [3.63, 3.8) is 0 Å². The Hall–Kier alpha value is -3.07. The molecule has 0 amide bonds. The molecule has 0 saturated heterocycles. The molecule has 0 bridgehead atoms. The number of para-hydroxylation sites is 1. The van der Waals surface area contributed by atoms with Crippen LogP contribution >= 0.6 is 0 Å². The van der Waals surface area contributed by atoms with Gasteiger partial charge in [0.2, 0.25) is 0 Å². The van der Waals surface area contributed by atoms with Crippen molar-refractivity contribution in [2.75, 3.05) is 31.7 Å². The van der Waals surface area contributed by atoms with Gasteiger partial charge in [0, 0.05) is 0 Å². The molecule has 8 nitrogen and oxygen atoms in total. The second kappa shape index (κ2) is 9.23.